The van der Waals surface area contributed by atoms with Crippen LogP contribution in [-0.2, 0) is 14.3 Å². The van der Waals surface area contributed by atoms with Gasteiger partial charge in [0.1, 0.15) is 11.7 Å². The van der Waals surface area contributed by atoms with Crippen molar-refractivity contribution in [2.75, 3.05) is 0 Å². The molecule has 0 aliphatic carbocycles. The molecule has 0 radical (unpaired) electrons. The number of hydrogen-bond donors (Lipinski definition) is 3. The molecule has 15 heavy (non-hydrogen) atoms. The van der Waals surface area contributed by atoms with Gasteiger partial charge in [0, 0.05) is 12.5 Å². The molecule has 0 saturated carbocycles. The first-order valence-corrected chi connectivity index (χ1v) is 4.54. The molecule has 3 N–H and O–H groups in total. The summed E-state index contributed by atoms with van der Waals surface area (Å²) in [5.74, 6) is -1.04. The molecule has 0 aromatic heterocycles. The number of ether oxygens (including phenoxy) is 1. The summed E-state index contributed by atoms with van der Waals surface area (Å²) in [4.78, 5) is 22.3. The number of carbonyl (C=O) groups is 2. The fourth-order valence-electron chi connectivity index (χ4n) is 1.87. The summed E-state index contributed by atoms with van der Waals surface area (Å²) in [5.41, 5.74) is -0.960. The third-order valence-electron chi connectivity index (χ3n) is 2.64. The van der Waals surface area contributed by atoms with Crippen LogP contribution < -0.4 is 5.32 Å². The molecule has 3 unspecified atom stereocenters. The molecule has 3 atom stereocenters. The molecule has 2 aliphatic heterocycles. The lowest BCUT2D eigenvalue weighted by Gasteiger charge is -2.22. The lowest BCUT2D eigenvalue weighted by atomic mass is 9.92. The molecule has 6 nitrogen and oxygen atoms in total. The van der Waals surface area contributed by atoms with Crippen LogP contribution in [0.1, 0.15) is 13.3 Å². The van der Waals surface area contributed by atoms with E-state index in [4.69, 9.17) is 4.74 Å². The molecule has 0 aromatic carbocycles. The quantitative estimate of drug-likeness (QED) is 0.457. The third kappa shape index (κ3) is 1.56. The Balaban J connectivity index is 2.28. The smallest absolute Gasteiger partial charge is 0.257 e. The molecule has 82 valence electrons. The van der Waals surface area contributed by atoms with Gasteiger partial charge in [0.15, 0.2) is 6.29 Å². The zero-order valence-corrected chi connectivity index (χ0v) is 8.06. The molecule has 2 aliphatic rings. The van der Waals surface area contributed by atoms with Crippen LogP contribution in [0.4, 0.5) is 0 Å². The minimum atomic E-state index is -1.32. The maximum Gasteiger partial charge on any atom is 0.257 e. The Hall–Kier alpha value is -1.24. The van der Waals surface area contributed by atoms with E-state index in [1.807, 2.05) is 0 Å². The predicted octanol–water partition coefficient (Wildman–Crippen LogP) is -1.57. The van der Waals surface area contributed by atoms with Crippen molar-refractivity contribution in [1.82, 2.24) is 5.32 Å². The van der Waals surface area contributed by atoms with Gasteiger partial charge in [0.25, 0.3) is 11.8 Å². The molecular formula is C9H11NO5. The molecule has 0 bridgehead atoms. The zero-order valence-electron chi connectivity index (χ0n) is 8.06. The summed E-state index contributed by atoms with van der Waals surface area (Å²) >= 11 is 0. The number of imide groups is 1. The van der Waals surface area contributed by atoms with E-state index < -0.39 is 29.8 Å². The lowest BCUT2D eigenvalue weighted by Crippen LogP contribution is -2.34. The van der Waals surface area contributed by atoms with E-state index in [-0.39, 0.29) is 12.0 Å². The number of rotatable bonds is 1. The molecule has 2 amide bonds. The number of amides is 2. The van der Waals surface area contributed by atoms with Gasteiger partial charge in [0.05, 0.1) is 5.57 Å². The highest BCUT2D eigenvalue weighted by molar-refractivity contribution is 6.17. The Morgan fingerprint density at radius 3 is 2.60 bits per heavy atom. The summed E-state index contributed by atoms with van der Waals surface area (Å²) in [6.07, 6.45) is -1.15. The Kier molecular flexibility index (Phi) is 2.14. The fraction of sp³-hybridized carbons (Fsp3) is 0.556. The van der Waals surface area contributed by atoms with Gasteiger partial charge in [-0.05, 0) is 6.92 Å². The largest absolute Gasteiger partial charge is 0.388 e. The van der Waals surface area contributed by atoms with E-state index in [0.717, 1.165) is 6.08 Å². The first-order valence-electron chi connectivity index (χ1n) is 4.54. The van der Waals surface area contributed by atoms with Gasteiger partial charge in [-0.25, -0.2) is 0 Å². The normalized spacial score (nSPS) is 40.6. The van der Waals surface area contributed by atoms with Gasteiger partial charge in [-0.1, -0.05) is 0 Å². The Bertz CT molecular complexity index is 352. The van der Waals surface area contributed by atoms with Gasteiger partial charge < -0.3 is 14.9 Å². The van der Waals surface area contributed by atoms with Crippen molar-refractivity contribution >= 4 is 11.8 Å². The molecule has 2 heterocycles. The summed E-state index contributed by atoms with van der Waals surface area (Å²) in [6.45, 7) is 1.55. The minimum absolute atomic E-state index is 0.0840. The van der Waals surface area contributed by atoms with E-state index >= 15 is 0 Å². The van der Waals surface area contributed by atoms with E-state index in [1.165, 1.54) is 0 Å². The fourth-order valence-corrected chi connectivity index (χ4v) is 1.87. The van der Waals surface area contributed by atoms with Crippen molar-refractivity contribution in [3.05, 3.63) is 11.6 Å². The first kappa shape index (κ1) is 10.3. The van der Waals surface area contributed by atoms with Crippen LogP contribution in [0.15, 0.2) is 11.6 Å². The maximum absolute atomic E-state index is 11.3. The average molecular weight is 213 g/mol. The molecule has 0 spiro atoms. The third-order valence-corrected chi connectivity index (χ3v) is 2.64. The first-order chi connectivity index (χ1) is 6.92. The second-order valence-electron chi connectivity index (χ2n) is 3.89. The number of nitrogens with one attached hydrogen (secondary N) is 1. The monoisotopic (exact) mass is 213 g/mol. The number of hydrogen-bond acceptors (Lipinski definition) is 5. The van der Waals surface area contributed by atoms with Crippen LogP contribution in [0.5, 0.6) is 0 Å². The summed E-state index contributed by atoms with van der Waals surface area (Å²) in [6, 6.07) is 0. The van der Waals surface area contributed by atoms with Crippen LogP contribution in [0.2, 0.25) is 0 Å². The highest BCUT2D eigenvalue weighted by Gasteiger charge is 2.48. The van der Waals surface area contributed by atoms with Crippen molar-refractivity contribution in [1.29, 1.82) is 0 Å². The van der Waals surface area contributed by atoms with Gasteiger partial charge in [-0.15, -0.1) is 0 Å². The predicted molar refractivity (Wildman–Crippen MR) is 47.4 cm³/mol. The van der Waals surface area contributed by atoms with Gasteiger partial charge in [-0.2, -0.15) is 0 Å². The molecule has 1 fully saturated rings. The molecule has 0 aromatic rings. The number of carbonyl (C=O) groups excluding carboxylic acids is 2. The molecular weight excluding hydrogens is 202 g/mol. The minimum Gasteiger partial charge on any atom is -0.388 e. The standard InChI is InChI=1S/C9H11NO5/c1-9(3-5(11)8(14)15-9)4-2-6(12)10-7(4)13/h2,5,8,11,14H,3H2,1H3,(H,10,12,13). The zero-order chi connectivity index (χ0) is 11.2. The maximum atomic E-state index is 11.3. The second-order valence-corrected chi connectivity index (χ2v) is 3.89. The topological polar surface area (TPSA) is 95.9 Å². The van der Waals surface area contributed by atoms with Crippen molar-refractivity contribution in [2.45, 2.75) is 31.3 Å². The average Bonchev–Trinajstić information content (AvgIpc) is 2.56. The van der Waals surface area contributed by atoms with Crippen LogP contribution in [-0.4, -0.2) is 40.0 Å². The summed E-state index contributed by atoms with van der Waals surface area (Å²) < 4.78 is 5.09. The van der Waals surface area contributed by atoms with E-state index in [2.05, 4.69) is 5.32 Å². The highest BCUT2D eigenvalue weighted by atomic mass is 16.6. The van der Waals surface area contributed by atoms with Gasteiger partial charge in [-0.3, -0.25) is 14.9 Å². The van der Waals surface area contributed by atoms with Crippen LogP contribution in [0, 0.1) is 0 Å². The van der Waals surface area contributed by atoms with E-state index in [1.54, 1.807) is 6.92 Å². The Morgan fingerprint density at radius 2 is 2.20 bits per heavy atom. The summed E-state index contributed by atoms with van der Waals surface area (Å²) in [5, 5.41) is 20.6. The molecule has 2 rings (SSSR count). The highest BCUT2D eigenvalue weighted by Crippen LogP contribution is 2.36. The Labute approximate surface area is 85.5 Å². The van der Waals surface area contributed by atoms with E-state index in [9.17, 15) is 19.8 Å². The van der Waals surface area contributed by atoms with Crippen LogP contribution in [0.3, 0.4) is 0 Å². The van der Waals surface area contributed by atoms with Crippen LogP contribution >= 0.6 is 0 Å². The SMILES string of the molecule is CC1(C2=CC(=O)NC2=O)CC(O)C(O)O1. The Morgan fingerprint density at radius 1 is 1.53 bits per heavy atom. The van der Waals surface area contributed by atoms with Crippen molar-refractivity contribution < 1.29 is 24.5 Å². The van der Waals surface area contributed by atoms with Crippen molar-refractivity contribution in [2.24, 2.45) is 0 Å². The van der Waals surface area contributed by atoms with Gasteiger partial charge in [0.2, 0.25) is 0 Å². The number of aliphatic hydroxyl groups is 2. The van der Waals surface area contributed by atoms with Gasteiger partial charge >= 0.3 is 0 Å². The van der Waals surface area contributed by atoms with Crippen molar-refractivity contribution in [3.63, 3.8) is 0 Å². The van der Waals surface area contributed by atoms with E-state index in [0.29, 0.717) is 0 Å². The molecule has 6 heteroatoms. The molecule has 1 saturated heterocycles. The lowest BCUT2D eigenvalue weighted by molar-refractivity contribution is -0.147. The second kappa shape index (κ2) is 3.13. The number of aliphatic hydroxyl groups excluding tert-OH is 2. The van der Waals surface area contributed by atoms with Crippen LogP contribution in [0.25, 0.3) is 0 Å². The summed E-state index contributed by atoms with van der Waals surface area (Å²) in [7, 11) is 0. The van der Waals surface area contributed by atoms with Crippen molar-refractivity contribution in [3.8, 4) is 0 Å².